The first-order valence-corrected chi connectivity index (χ1v) is 20.9. The Bertz CT molecular complexity index is 1610. The number of aryl methyl sites for hydroxylation is 1. The molecule has 0 aliphatic carbocycles. The summed E-state index contributed by atoms with van der Waals surface area (Å²) < 4.78 is 32.9. The van der Waals surface area contributed by atoms with E-state index < -0.39 is 65.6 Å². The lowest BCUT2D eigenvalue weighted by Gasteiger charge is -2.45. The van der Waals surface area contributed by atoms with E-state index in [1.807, 2.05) is 65.2 Å². The molecule has 354 valence electrons. The van der Waals surface area contributed by atoms with Crippen molar-refractivity contribution in [3.63, 3.8) is 0 Å². The van der Waals surface area contributed by atoms with Crippen molar-refractivity contribution in [2.75, 3.05) is 34.3 Å². The Morgan fingerprint density at radius 1 is 1.05 bits per heavy atom. The minimum Gasteiger partial charge on any atom is -0.458 e. The first kappa shape index (κ1) is 57.9. The van der Waals surface area contributed by atoms with E-state index in [4.69, 9.17) is 23.7 Å². The average Bonchev–Trinajstić information content (AvgIpc) is 3.91. The van der Waals surface area contributed by atoms with Gasteiger partial charge in [0.15, 0.2) is 11.9 Å². The molecule has 12 atom stereocenters. The number of aliphatic hydroxyl groups is 1. The smallest absolute Gasteiger partial charge is 0.410 e. The number of ketones is 1. The minimum atomic E-state index is -1.21. The quantitative estimate of drug-likeness (QED) is 0.133. The topological polar surface area (TPSA) is 180 Å². The lowest BCUT2D eigenvalue weighted by atomic mass is 9.83. The van der Waals surface area contributed by atoms with Crippen molar-refractivity contribution >= 4 is 29.2 Å². The van der Waals surface area contributed by atoms with Gasteiger partial charge in [-0.1, -0.05) is 56.2 Å². The molecule has 17 heteroatoms. The van der Waals surface area contributed by atoms with Crippen LogP contribution in [0.5, 0.6) is 0 Å². The second-order valence-electron chi connectivity index (χ2n) is 16.5. The number of aliphatic hydroxyl groups excluding tert-OH is 1. The number of ether oxygens (including phenoxy) is 5. The number of rotatable bonds is 11. The van der Waals surface area contributed by atoms with Crippen LogP contribution in [0.1, 0.15) is 124 Å². The van der Waals surface area contributed by atoms with Gasteiger partial charge in [0.25, 0.3) is 0 Å². The van der Waals surface area contributed by atoms with Gasteiger partial charge < -0.3 is 39.0 Å². The number of Topliss-reactive ketones (excluding diaryl/α,β-unsaturated/α-hetero) is 1. The number of nitrogens with zero attached hydrogens (tertiary/aromatic N) is 6. The SMILES string of the molecule is C.C.C.C.C.CC[C@H]1OC(=O)[C@H](C)C(=O)C[C@@H](O[C@@H]2OC(C)CC(N(C)C)C2O)[C@](C)(OC)C[C@@H](C)CN[C@H](C)[C@H]2N(CCCCn3cc(-c4nccs4)nn3)C(=O)O[C@]12C. The van der Waals surface area contributed by atoms with E-state index >= 15 is 0 Å². The number of carbonyl (C=O) groups excluding carboxylic acids is 3. The standard InChI is InChI=1S/C39H63N7O9S.5CH4/c1-11-30-39(7)33(46(37(50)55-39)16-13-12-15-45-22-27(42-43-45)34-40-14-17-56-34)26(5)41-21-23(2)20-38(6,51-10)31(19-29(47)25(4)35(49)53-30)54-36-32(48)28(44(8)9)18-24(3)52-36;;;;;/h14,17,22-26,28,30-33,36,41,48H,11-13,15-16,18-21H2,1-10H3;5*1H4/t23-,24?,25-,26-,28?,30-,31-,32?,33-,36+,38-,39-;;;;;/m1...../s1. The summed E-state index contributed by atoms with van der Waals surface area (Å²) in [5.74, 6) is -2.25. The first-order chi connectivity index (χ1) is 26.5. The molecule has 0 spiro atoms. The fraction of sp³-hybridized carbons (Fsp3) is 0.818. The second-order valence-corrected chi connectivity index (χ2v) is 17.4. The van der Waals surface area contributed by atoms with Crippen molar-refractivity contribution in [3.05, 3.63) is 17.8 Å². The molecule has 3 aliphatic heterocycles. The molecular weight excluding hydrogens is 803 g/mol. The fourth-order valence-electron chi connectivity index (χ4n) is 8.57. The third-order valence-electron chi connectivity index (χ3n) is 11.9. The molecule has 5 heterocycles. The van der Waals surface area contributed by atoms with Crippen molar-refractivity contribution in [2.45, 2.75) is 191 Å². The summed E-state index contributed by atoms with van der Waals surface area (Å²) in [4.78, 5) is 49.6. The number of aromatic nitrogens is 4. The van der Waals surface area contributed by atoms with Crippen LogP contribution in [0.15, 0.2) is 17.8 Å². The van der Waals surface area contributed by atoms with Crippen molar-refractivity contribution in [3.8, 4) is 10.7 Å². The van der Waals surface area contributed by atoms with Crippen LogP contribution in [0.2, 0.25) is 0 Å². The second kappa shape index (κ2) is 24.7. The Balaban J connectivity index is 0.00000720. The Morgan fingerprint density at radius 3 is 2.33 bits per heavy atom. The zero-order chi connectivity index (χ0) is 40.9. The molecule has 0 radical (unpaired) electrons. The van der Waals surface area contributed by atoms with Gasteiger partial charge in [0, 0.05) is 50.3 Å². The highest BCUT2D eigenvalue weighted by molar-refractivity contribution is 7.13. The van der Waals surface area contributed by atoms with E-state index in [0.717, 1.165) is 17.1 Å². The van der Waals surface area contributed by atoms with Gasteiger partial charge in [-0.25, -0.2) is 9.78 Å². The molecule has 16 nitrogen and oxygen atoms in total. The maximum Gasteiger partial charge on any atom is 0.410 e. The van der Waals surface area contributed by atoms with Gasteiger partial charge in [0.1, 0.15) is 34.6 Å². The number of fused-ring (bicyclic) bond motifs is 1. The largest absolute Gasteiger partial charge is 0.458 e. The van der Waals surface area contributed by atoms with E-state index in [2.05, 4.69) is 27.5 Å². The van der Waals surface area contributed by atoms with Crippen LogP contribution in [0.25, 0.3) is 10.7 Å². The number of thiazole rings is 1. The molecule has 2 aromatic heterocycles. The molecular formula is C44H83N7O9S. The number of likely N-dealkylation sites (N-methyl/N-ethyl adjacent to an activating group) is 1. The lowest BCUT2D eigenvalue weighted by molar-refractivity contribution is -0.289. The molecule has 0 aromatic carbocycles. The summed E-state index contributed by atoms with van der Waals surface area (Å²) in [5, 5.41) is 26.2. The molecule has 0 bridgehead atoms. The van der Waals surface area contributed by atoms with Gasteiger partial charge in [-0.3, -0.25) is 19.2 Å². The number of methoxy groups -OCH3 is 1. The van der Waals surface area contributed by atoms with Crippen LogP contribution in [-0.4, -0.2) is 147 Å². The Morgan fingerprint density at radius 2 is 1.72 bits per heavy atom. The number of cyclic esters (lactones) is 1. The van der Waals surface area contributed by atoms with Crippen LogP contribution in [0.4, 0.5) is 4.79 Å². The highest BCUT2D eigenvalue weighted by Gasteiger charge is 2.58. The molecule has 0 saturated carbocycles. The predicted octanol–water partition coefficient (Wildman–Crippen LogP) is 7.09. The monoisotopic (exact) mass is 886 g/mol. The van der Waals surface area contributed by atoms with Crippen molar-refractivity contribution in [1.29, 1.82) is 0 Å². The Kier molecular flexibility index (Phi) is 23.5. The molecule has 5 rings (SSSR count). The van der Waals surface area contributed by atoms with Crippen molar-refractivity contribution in [1.82, 2.24) is 35.1 Å². The van der Waals surface area contributed by atoms with Gasteiger partial charge in [-0.15, -0.1) is 16.4 Å². The highest BCUT2D eigenvalue weighted by atomic mass is 32.1. The number of hydrogen-bond acceptors (Lipinski definition) is 15. The number of hydrogen-bond donors (Lipinski definition) is 2. The van der Waals surface area contributed by atoms with E-state index in [9.17, 15) is 19.5 Å². The van der Waals surface area contributed by atoms with Crippen LogP contribution < -0.4 is 5.32 Å². The Hall–Kier alpha value is -3.06. The molecule has 2 aromatic rings. The highest BCUT2D eigenvalue weighted by Crippen LogP contribution is 2.39. The van der Waals surface area contributed by atoms with Crippen LogP contribution >= 0.6 is 11.3 Å². The van der Waals surface area contributed by atoms with Gasteiger partial charge in [0.2, 0.25) is 0 Å². The maximum absolute atomic E-state index is 14.0. The van der Waals surface area contributed by atoms with Crippen molar-refractivity contribution in [2.24, 2.45) is 11.8 Å². The number of amides is 1. The molecule has 3 saturated heterocycles. The Labute approximate surface area is 371 Å². The summed E-state index contributed by atoms with van der Waals surface area (Å²) >= 11 is 1.50. The summed E-state index contributed by atoms with van der Waals surface area (Å²) in [6, 6.07) is -0.996. The minimum absolute atomic E-state index is 0. The number of carbonyl (C=O) groups is 3. The summed E-state index contributed by atoms with van der Waals surface area (Å²) in [5.41, 5.74) is -1.50. The van der Waals surface area contributed by atoms with E-state index in [0.29, 0.717) is 45.3 Å². The summed E-state index contributed by atoms with van der Waals surface area (Å²) in [6.07, 6.45) is 1.92. The summed E-state index contributed by atoms with van der Waals surface area (Å²) in [6.45, 7) is 14.7. The van der Waals surface area contributed by atoms with Gasteiger partial charge in [-0.05, 0) is 93.3 Å². The van der Waals surface area contributed by atoms with E-state index in [-0.39, 0.29) is 67.7 Å². The van der Waals surface area contributed by atoms with Gasteiger partial charge in [0.05, 0.1) is 30.0 Å². The zero-order valence-electron chi connectivity index (χ0n) is 34.7. The first-order valence-electron chi connectivity index (χ1n) is 20.0. The van der Waals surface area contributed by atoms with Crippen LogP contribution in [0.3, 0.4) is 0 Å². The van der Waals surface area contributed by atoms with Gasteiger partial charge >= 0.3 is 12.1 Å². The lowest BCUT2D eigenvalue weighted by Crippen LogP contribution is -2.61. The van der Waals surface area contributed by atoms with E-state index in [1.165, 1.54) is 18.3 Å². The third kappa shape index (κ3) is 13.2. The number of esters is 1. The van der Waals surface area contributed by atoms with Crippen molar-refractivity contribution < 1.29 is 43.2 Å². The van der Waals surface area contributed by atoms with E-state index in [1.54, 1.807) is 22.9 Å². The molecule has 61 heavy (non-hydrogen) atoms. The molecule has 3 aliphatic rings. The number of unbranched alkanes of at least 4 members (excludes halogenated alkanes) is 1. The zero-order valence-corrected chi connectivity index (χ0v) is 35.5. The van der Waals surface area contributed by atoms with Crippen LogP contribution in [0, 0.1) is 11.8 Å². The molecule has 3 fully saturated rings. The third-order valence-corrected chi connectivity index (χ3v) is 12.7. The fourth-order valence-corrected chi connectivity index (χ4v) is 9.15. The number of nitrogens with one attached hydrogen (secondary N) is 1. The molecule has 1 amide bonds. The summed E-state index contributed by atoms with van der Waals surface area (Å²) in [7, 11) is 5.38. The van der Waals surface area contributed by atoms with Gasteiger partial charge in [-0.2, -0.15) is 0 Å². The van der Waals surface area contributed by atoms with Crippen LogP contribution in [-0.2, 0) is 39.8 Å². The average molecular weight is 886 g/mol. The maximum atomic E-state index is 14.0. The molecule has 3 unspecified atom stereocenters. The normalized spacial score (nSPS) is 33.5. The molecule has 2 N–H and O–H groups in total. The predicted molar refractivity (Wildman–Crippen MR) is 242 cm³/mol.